The standard InChI is InChI=1S/C7H14O5S2/c1-2-4-14(10,11)12-7-3-5-13(8,9)6-7/h7H,2-6H2,1H3. The van der Waals surface area contributed by atoms with Crippen molar-refractivity contribution >= 4 is 20.0 Å². The van der Waals surface area contributed by atoms with Crippen molar-refractivity contribution in [1.29, 1.82) is 0 Å². The molecule has 1 fully saturated rings. The van der Waals surface area contributed by atoms with E-state index < -0.39 is 26.1 Å². The minimum atomic E-state index is -3.53. The quantitative estimate of drug-likeness (QED) is 0.645. The van der Waals surface area contributed by atoms with Crippen LogP contribution in [0.3, 0.4) is 0 Å². The van der Waals surface area contributed by atoms with E-state index in [1.807, 2.05) is 0 Å². The SMILES string of the molecule is CCCS(=O)(=O)OC1CCS(=O)(=O)C1. The third-order valence-corrected chi connectivity index (χ3v) is 5.14. The number of hydrogen-bond donors (Lipinski definition) is 0. The average Bonchev–Trinajstić information content (AvgIpc) is 2.28. The molecule has 0 saturated carbocycles. The second-order valence-electron chi connectivity index (χ2n) is 3.38. The van der Waals surface area contributed by atoms with Crippen LogP contribution in [0.2, 0.25) is 0 Å². The van der Waals surface area contributed by atoms with Crippen LogP contribution in [0.15, 0.2) is 0 Å². The summed E-state index contributed by atoms with van der Waals surface area (Å²) in [6, 6.07) is 0. The summed E-state index contributed by atoms with van der Waals surface area (Å²) in [5.41, 5.74) is 0. The lowest BCUT2D eigenvalue weighted by molar-refractivity contribution is 0.236. The molecule has 0 spiro atoms. The molecule has 14 heavy (non-hydrogen) atoms. The third kappa shape index (κ3) is 3.55. The average molecular weight is 242 g/mol. The highest BCUT2D eigenvalue weighted by Gasteiger charge is 2.31. The summed E-state index contributed by atoms with van der Waals surface area (Å²) in [7, 11) is -6.60. The molecule has 7 heteroatoms. The van der Waals surface area contributed by atoms with E-state index in [1.165, 1.54) is 0 Å². The molecule has 0 amide bonds. The second-order valence-corrected chi connectivity index (χ2v) is 7.33. The predicted molar refractivity (Wildman–Crippen MR) is 52.2 cm³/mol. The zero-order chi connectivity index (χ0) is 10.8. The van der Waals surface area contributed by atoms with Crippen LogP contribution in [-0.2, 0) is 24.1 Å². The maximum Gasteiger partial charge on any atom is 0.267 e. The van der Waals surface area contributed by atoms with Gasteiger partial charge in [0.2, 0.25) is 0 Å². The van der Waals surface area contributed by atoms with Crippen LogP contribution in [0.25, 0.3) is 0 Å². The van der Waals surface area contributed by atoms with Crippen molar-refractivity contribution in [3.63, 3.8) is 0 Å². The van der Waals surface area contributed by atoms with Gasteiger partial charge in [-0.05, 0) is 12.8 Å². The Hall–Kier alpha value is -0.140. The molecular weight excluding hydrogens is 228 g/mol. The van der Waals surface area contributed by atoms with Crippen molar-refractivity contribution in [3.05, 3.63) is 0 Å². The summed E-state index contributed by atoms with van der Waals surface area (Å²) in [6.45, 7) is 1.73. The van der Waals surface area contributed by atoms with Crippen molar-refractivity contribution in [1.82, 2.24) is 0 Å². The van der Waals surface area contributed by atoms with Gasteiger partial charge in [-0.1, -0.05) is 6.92 Å². The molecule has 5 nitrogen and oxygen atoms in total. The molecule has 1 unspecified atom stereocenters. The van der Waals surface area contributed by atoms with Gasteiger partial charge >= 0.3 is 0 Å². The zero-order valence-electron chi connectivity index (χ0n) is 7.97. The lowest BCUT2D eigenvalue weighted by Crippen LogP contribution is -2.21. The van der Waals surface area contributed by atoms with Crippen LogP contribution in [-0.4, -0.2) is 40.2 Å². The first-order valence-corrected chi connectivity index (χ1v) is 7.86. The third-order valence-electron chi connectivity index (χ3n) is 1.93. The maximum absolute atomic E-state index is 11.2. The molecule has 1 aliphatic rings. The van der Waals surface area contributed by atoms with E-state index in [0.29, 0.717) is 6.42 Å². The normalized spacial score (nSPS) is 26.5. The smallest absolute Gasteiger partial charge is 0.266 e. The molecule has 0 aromatic heterocycles. The number of rotatable bonds is 4. The first-order valence-electron chi connectivity index (χ1n) is 4.46. The topological polar surface area (TPSA) is 77.5 Å². The monoisotopic (exact) mass is 242 g/mol. The Kier molecular flexibility index (Phi) is 3.54. The van der Waals surface area contributed by atoms with Crippen molar-refractivity contribution < 1.29 is 21.0 Å². The number of sulfone groups is 1. The van der Waals surface area contributed by atoms with Gasteiger partial charge in [-0.15, -0.1) is 0 Å². The summed E-state index contributed by atoms with van der Waals surface area (Å²) in [6.07, 6.45) is 0.0872. The van der Waals surface area contributed by atoms with Gasteiger partial charge in [-0.25, -0.2) is 8.42 Å². The minimum Gasteiger partial charge on any atom is -0.266 e. The van der Waals surface area contributed by atoms with E-state index >= 15 is 0 Å². The first-order chi connectivity index (χ1) is 6.35. The molecular formula is C7H14O5S2. The Balaban J connectivity index is 2.56. The molecule has 0 aromatic carbocycles. The van der Waals surface area contributed by atoms with Gasteiger partial charge < -0.3 is 0 Å². The first kappa shape index (κ1) is 11.9. The Morgan fingerprint density at radius 1 is 1.43 bits per heavy atom. The van der Waals surface area contributed by atoms with E-state index in [1.54, 1.807) is 6.92 Å². The molecule has 0 bridgehead atoms. The Bertz CT molecular complexity index is 380. The van der Waals surface area contributed by atoms with Crippen LogP contribution in [0.4, 0.5) is 0 Å². The predicted octanol–water partition coefficient (Wildman–Crippen LogP) is -0.0701. The molecule has 1 saturated heterocycles. The van der Waals surface area contributed by atoms with Crippen molar-refractivity contribution in [3.8, 4) is 0 Å². The highest BCUT2D eigenvalue weighted by atomic mass is 32.2. The van der Waals surface area contributed by atoms with Gasteiger partial charge in [0.1, 0.15) is 0 Å². The second kappa shape index (κ2) is 4.16. The molecule has 84 valence electrons. The fourth-order valence-corrected chi connectivity index (χ4v) is 4.19. The molecule has 1 aliphatic heterocycles. The number of hydrogen-bond acceptors (Lipinski definition) is 5. The lowest BCUT2D eigenvalue weighted by atomic mass is 10.3. The van der Waals surface area contributed by atoms with Crippen LogP contribution in [0, 0.1) is 0 Å². The summed E-state index contributed by atoms with van der Waals surface area (Å²) in [5.74, 6) is -0.196. The van der Waals surface area contributed by atoms with E-state index in [2.05, 4.69) is 0 Å². The highest BCUT2D eigenvalue weighted by Crippen LogP contribution is 2.17. The van der Waals surface area contributed by atoms with Crippen molar-refractivity contribution in [2.75, 3.05) is 17.3 Å². The Morgan fingerprint density at radius 2 is 2.07 bits per heavy atom. The van der Waals surface area contributed by atoms with Crippen molar-refractivity contribution in [2.24, 2.45) is 0 Å². The zero-order valence-corrected chi connectivity index (χ0v) is 9.60. The fraction of sp³-hybridized carbons (Fsp3) is 1.00. The molecule has 1 rings (SSSR count). The van der Waals surface area contributed by atoms with Crippen LogP contribution in [0.5, 0.6) is 0 Å². The molecule has 1 heterocycles. The molecule has 0 aromatic rings. The fourth-order valence-electron chi connectivity index (χ4n) is 1.34. The lowest BCUT2D eigenvalue weighted by Gasteiger charge is -2.08. The van der Waals surface area contributed by atoms with E-state index in [-0.39, 0.29) is 23.7 Å². The van der Waals surface area contributed by atoms with Gasteiger partial charge in [0, 0.05) is 0 Å². The molecule has 0 N–H and O–H groups in total. The van der Waals surface area contributed by atoms with E-state index in [0.717, 1.165) is 0 Å². The van der Waals surface area contributed by atoms with Gasteiger partial charge in [0.05, 0.1) is 23.4 Å². The summed E-state index contributed by atoms with van der Waals surface area (Å²) < 4.78 is 49.1. The molecule has 0 aliphatic carbocycles. The summed E-state index contributed by atoms with van der Waals surface area (Å²) in [4.78, 5) is 0. The van der Waals surface area contributed by atoms with Crippen LogP contribution >= 0.6 is 0 Å². The largest absolute Gasteiger partial charge is 0.267 e. The van der Waals surface area contributed by atoms with Gasteiger partial charge in [-0.3, -0.25) is 4.18 Å². The molecule has 1 atom stereocenters. The van der Waals surface area contributed by atoms with E-state index in [4.69, 9.17) is 4.18 Å². The Morgan fingerprint density at radius 3 is 2.50 bits per heavy atom. The van der Waals surface area contributed by atoms with Gasteiger partial charge in [-0.2, -0.15) is 8.42 Å². The van der Waals surface area contributed by atoms with Crippen molar-refractivity contribution in [2.45, 2.75) is 25.9 Å². The van der Waals surface area contributed by atoms with Gasteiger partial charge in [0.15, 0.2) is 9.84 Å². The maximum atomic E-state index is 11.2. The van der Waals surface area contributed by atoms with E-state index in [9.17, 15) is 16.8 Å². The Labute approximate surface area is 84.5 Å². The van der Waals surface area contributed by atoms with Gasteiger partial charge in [0.25, 0.3) is 10.1 Å². The minimum absolute atomic E-state index is 0.0271. The summed E-state index contributed by atoms with van der Waals surface area (Å²) in [5, 5.41) is 0. The summed E-state index contributed by atoms with van der Waals surface area (Å²) >= 11 is 0. The van der Waals surface area contributed by atoms with Crippen LogP contribution in [0.1, 0.15) is 19.8 Å². The highest BCUT2D eigenvalue weighted by molar-refractivity contribution is 7.91. The molecule has 0 radical (unpaired) electrons. The van der Waals surface area contributed by atoms with Crippen LogP contribution < -0.4 is 0 Å².